The van der Waals surface area contributed by atoms with Gasteiger partial charge in [0.2, 0.25) is 11.4 Å². The summed E-state index contributed by atoms with van der Waals surface area (Å²) < 4.78 is 1.58. The monoisotopic (exact) mass is 772 g/mol. The minimum absolute atomic E-state index is 0.193. The Labute approximate surface area is 332 Å². The normalized spacial score (nSPS) is 26.5. The zero-order valence-corrected chi connectivity index (χ0v) is 38.0. The van der Waals surface area contributed by atoms with E-state index in [1.807, 2.05) is 0 Å². The van der Waals surface area contributed by atoms with Crippen molar-refractivity contribution in [3.63, 3.8) is 0 Å². The van der Waals surface area contributed by atoms with Crippen LogP contribution in [-0.2, 0) is 0 Å². The Bertz CT molecular complexity index is 1710. The Morgan fingerprint density at radius 1 is 0.519 bits per heavy atom. The first kappa shape index (κ1) is 41.5. The van der Waals surface area contributed by atoms with E-state index in [0.717, 1.165) is 12.8 Å². The molecule has 0 aromatic heterocycles. The number of rotatable bonds is 8. The maximum absolute atomic E-state index is 11.5. The molecule has 280 valence electrons. The summed E-state index contributed by atoms with van der Waals surface area (Å²) in [6.07, 6.45) is 1.90. The van der Waals surface area contributed by atoms with Crippen LogP contribution in [0, 0.1) is 33.3 Å². The Kier molecular flexibility index (Phi) is 11.2. The Morgan fingerprint density at radius 3 is 0.981 bits per heavy atom. The third-order valence-corrected chi connectivity index (χ3v) is 21.0. The van der Waals surface area contributed by atoms with Gasteiger partial charge in [0.25, 0.3) is 0 Å². The highest BCUT2D eigenvalue weighted by molar-refractivity contribution is 9.25. The Hall–Kier alpha value is -1.71. The average molecular weight is 773 g/mol. The third kappa shape index (κ3) is 6.77. The topological polar surface area (TPSA) is 53.6 Å². The first-order chi connectivity index (χ1) is 23.9. The molecule has 0 unspecified atom stereocenters. The Balaban J connectivity index is 1.79. The zero-order valence-electron chi connectivity index (χ0n) is 34.8. The summed E-state index contributed by atoms with van der Waals surface area (Å²) in [5.41, 5.74) is 9.58. The average Bonchev–Trinajstić information content (AvgIpc) is 3.37. The lowest BCUT2D eigenvalue weighted by molar-refractivity contribution is -0.515. The van der Waals surface area contributed by atoms with Crippen molar-refractivity contribution in [2.75, 3.05) is 0 Å². The minimum atomic E-state index is -1.83. The summed E-state index contributed by atoms with van der Waals surface area (Å²) in [4.78, 5) is 0. The molecular formula is C42H62B2N4S4. The van der Waals surface area contributed by atoms with Crippen LogP contribution in [0.25, 0.3) is 0 Å². The zero-order chi connectivity index (χ0) is 39.0. The third-order valence-electron chi connectivity index (χ3n) is 11.7. The van der Waals surface area contributed by atoms with E-state index >= 15 is 0 Å². The van der Waals surface area contributed by atoms with Gasteiger partial charge in [0, 0.05) is 84.8 Å². The van der Waals surface area contributed by atoms with Crippen LogP contribution in [0.4, 0.5) is 11.4 Å². The highest BCUT2D eigenvalue weighted by atomic mass is 33.2. The molecule has 0 bridgehead atoms. The van der Waals surface area contributed by atoms with E-state index in [2.05, 4.69) is 168 Å². The van der Waals surface area contributed by atoms with Crippen LogP contribution >= 0.6 is 42.6 Å². The second-order valence-corrected chi connectivity index (χ2v) is 25.9. The quantitative estimate of drug-likeness (QED) is 0.151. The molecule has 0 spiro atoms. The summed E-state index contributed by atoms with van der Waals surface area (Å²) >= 11 is 0. The van der Waals surface area contributed by atoms with Crippen molar-refractivity contribution in [1.82, 2.24) is 0 Å². The minimum Gasteiger partial charge on any atom is -0.309 e. The number of benzene rings is 2. The van der Waals surface area contributed by atoms with Crippen LogP contribution in [-0.4, -0.2) is 40.9 Å². The molecule has 0 N–H and O–H groups in total. The lowest BCUT2D eigenvalue weighted by Gasteiger charge is -2.50. The van der Waals surface area contributed by atoms with Gasteiger partial charge in [-0.25, -0.2) is 19.7 Å². The van der Waals surface area contributed by atoms with E-state index in [0.29, 0.717) is 23.7 Å². The molecule has 1 saturated heterocycles. The van der Waals surface area contributed by atoms with Crippen molar-refractivity contribution >= 4 is 74.6 Å². The molecule has 0 amide bonds. The van der Waals surface area contributed by atoms with E-state index < -0.39 is 9.41 Å². The summed E-state index contributed by atoms with van der Waals surface area (Å²) in [5.74, 6) is 7.30. The molecule has 0 atom stereocenters. The predicted octanol–water partition coefficient (Wildman–Crippen LogP) is 13.3. The van der Waals surface area contributed by atoms with Crippen molar-refractivity contribution in [3.8, 4) is 11.9 Å². The molecule has 52 heavy (non-hydrogen) atoms. The van der Waals surface area contributed by atoms with Gasteiger partial charge in [0.05, 0.1) is 0 Å². The molecule has 5 rings (SSSR count). The van der Waals surface area contributed by atoms with Gasteiger partial charge in [-0.15, -0.1) is 11.9 Å². The summed E-state index contributed by atoms with van der Waals surface area (Å²) in [6.45, 7) is 37.2. The van der Waals surface area contributed by atoms with E-state index in [4.69, 9.17) is 0 Å². The van der Waals surface area contributed by atoms with E-state index in [-0.39, 0.29) is 21.9 Å². The van der Waals surface area contributed by atoms with Crippen LogP contribution in [0.1, 0.15) is 170 Å². The SMILES string of the molecule is CC(C)c1cccc(C(C)C)c1[N+]1=C([B-]2(C#N)SS[B-](C#N)(C3=[N+](c4c(C(C)C)cccc4C(C)C)C(C)(C)CC3(C)C)SS2)C(C)(C)CC1(C)C. The van der Waals surface area contributed by atoms with Crippen LogP contribution in [0.3, 0.4) is 0 Å². The molecule has 3 aliphatic heterocycles. The highest BCUT2D eigenvalue weighted by Crippen LogP contribution is 2.66. The maximum atomic E-state index is 11.5. The summed E-state index contributed by atoms with van der Waals surface area (Å²) in [6, 6.07) is 13.6. The molecule has 4 nitrogen and oxygen atoms in total. The van der Waals surface area contributed by atoms with E-state index in [1.165, 1.54) is 44.9 Å². The van der Waals surface area contributed by atoms with Crippen molar-refractivity contribution in [3.05, 3.63) is 58.7 Å². The summed E-state index contributed by atoms with van der Waals surface area (Å²) in [7, 11) is 6.86. The van der Waals surface area contributed by atoms with Gasteiger partial charge in [-0.1, -0.05) is 119 Å². The molecule has 10 heteroatoms. The molecular weight excluding hydrogens is 710 g/mol. The largest absolute Gasteiger partial charge is 0.311 e. The van der Waals surface area contributed by atoms with Gasteiger partial charge in [-0.2, -0.15) is 0 Å². The lowest BCUT2D eigenvalue weighted by Crippen LogP contribution is -2.53. The first-order valence-corrected chi connectivity index (χ1v) is 23.9. The molecule has 3 heterocycles. The number of nitriles is 2. The van der Waals surface area contributed by atoms with Gasteiger partial charge in [0.1, 0.15) is 0 Å². The van der Waals surface area contributed by atoms with Crippen LogP contribution < -0.4 is 0 Å². The van der Waals surface area contributed by atoms with Crippen molar-refractivity contribution in [1.29, 1.82) is 10.5 Å². The lowest BCUT2D eigenvalue weighted by atomic mass is 9.59. The number of hydrogen-bond donors (Lipinski definition) is 0. The van der Waals surface area contributed by atoms with Crippen molar-refractivity contribution < 1.29 is 9.15 Å². The molecule has 0 aliphatic carbocycles. The second kappa shape index (κ2) is 14.1. The van der Waals surface area contributed by atoms with Gasteiger partial charge in [-0.3, -0.25) is 0 Å². The Morgan fingerprint density at radius 2 is 0.769 bits per heavy atom. The predicted molar refractivity (Wildman–Crippen MR) is 237 cm³/mol. The molecule has 2 aromatic carbocycles. The van der Waals surface area contributed by atoms with Gasteiger partial charge in [0.15, 0.2) is 11.1 Å². The number of hydrogen-bond acceptors (Lipinski definition) is 6. The van der Waals surface area contributed by atoms with E-state index in [1.54, 1.807) is 42.6 Å². The molecule has 3 aliphatic rings. The van der Waals surface area contributed by atoms with Gasteiger partial charge in [-0.05, 0) is 23.7 Å². The van der Waals surface area contributed by atoms with Gasteiger partial charge >= 0.3 is 9.41 Å². The fraction of sp³-hybridized carbons (Fsp3) is 0.619. The fourth-order valence-electron chi connectivity index (χ4n) is 10.3. The maximum Gasteiger partial charge on any atom is 0.311 e. The fourth-order valence-corrected chi connectivity index (χ4v) is 20.8. The number of nitrogens with zero attached hydrogens (tertiary/aromatic N) is 4. The number of para-hydroxylation sites is 2. The van der Waals surface area contributed by atoms with Gasteiger partial charge < -0.3 is 42.6 Å². The smallest absolute Gasteiger partial charge is 0.309 e. The van der Waals surface area contributed by atoms with E-state index in [9.17, 15) is 10.5 Å². The van der Waals surface area contributed by atoms with Crippen LogP contribution in [0.15, 0.2) is 36.4 Å². The molecule has 1 fully saturated rings. The second-order valence-electron chi connectivity index (χ2n) is 19.4. The van der Waals surface area contributed by atoms with Crippen LogP contribution in [0.5, 0.6) is 0 Å². The molecule has 0 radical (unpaired) electrons. The van der Waals surface area contributed by atoms with Crippen molar-refractivity contribution in [2.24, 2.45) is 10.8 Å². The molecule has 2 aromatic rings. The first-order valence-electron chi connectivity index (χ1n) is 19.4. The van der Waals surface area contributed by atoms with Crippen molar-refractivity contribution in [2.45, 2.75) is 158 Å². The standard InChI is InChI=1S/C42H62B2N4S4/c1-27(2)31-19-17-20-32(28(3)4)35(31)47-37(39(9,10)23-41(47,13)14)43(25-45)49-51-44(26-46,52-50-43)38-40(11,12)24-42(15,16)48(38)36-33(29(5)6)21-18-22-34(36)30(7)8/h17-22,27-30H,23-24H2,1-16H3. The van der Waals surface area contributed by atoms with Crippen LogP contribution in [0.2, 0.25) is 0 Å². The summed E-state index contributed by atoms with van der Waals surface area (Å²) in [5, 5.41) is 23.0. The molecule has 0 saturated carbocycles. The highest BCUT2D eigenvalue weighted by Gasteiger charge is 2.63.